The van der Waals surface area contributed by atoms with Crippen LogP contribution < -0.4 is 4.74 Å². The maximum absolute atomic E-state index is 14.8. The zero-order valence-electron chi connectivity index (χ0n) is 15.2. The molecule has 6 heteroatoms. The van der Waals surface area contributed by atoms with Gasteiger partial charge in [-0.2, -0.15) is 0 Å². The van der Waals surface area contributed by atoms with Crippen LogP contribution in [-0.2, 0) is 0 Å². The summed E-state index contributed by atoms with van der Waals surface area (Å²) in [5, 5.41) is 0. The van der Waals surface area contributed by atoms with Gasteiger partial charge in [-0.15, -0.1) is 11.8 Å². The molecule has 0 fully saturated rings. The number of nitrogens with zero attached hydrogens (tertiary/aromatic N) is 3. The molecule has 0 aliphatic rings. The van der Waals surface area contributed by atoms with Crippen molar-refractivity contribution in [1.82, 2.24) is 14.4 Å². The van der Waals surface area contributed by atoms with Crippen LogP contribution in [0.3, 0.4) is 0 Å². The van der Waals surface area contributed by atoms with E-state index in [0.717, 1.165) is 17.0 Å². The molecule has 27 heavy (non-hydrogen) atoms. The molecule has 0 aliphatic carbocycles. The Bertz CT molecular complexity index is 1120. The number of benzene rings is 2. The van der Waals surface area contributed by atoms with Gasteiger partial charge in [0.05, 0.1) is 12.8 Å². The van der Waals surface area contributed by atoms with Crippen LogP contribution in [0.5, 0.6) is 5.75 Å². The lowest BCUT2D eigenvalue weighted by molar-refractivity contribution is 0.411. The summed E-state index contributed by atoms with van der Waals surface area (Å²) in [4.78, 5) is 10.3. The first-order valence-corrected chi connectivity index (χ1v) is 9.67. The van der Waals surface area contributed by atoms with E-state index in [1.807, 2.05) is 42.0 Å². The zero-order chi connectivity index (χ0) is 19.0. The van der Waals surface area contributed by atoms with Gasteiger partial charge in [0, 0.05) is 34.0 Å². The number of rotatable bonds is 4. The van der Waals surface area contributed by atoms with Crippen molar-refractivity contribution in [2.75, 3.05) is 13.4 Å². The first-order chi connectivity index (χ1) is 13.1. The number of hydrogen-bond donors (Lipinski definition) is 0. The number of methoxy groups -OCH3 is 1. The predicted molar refractivity (Wildman–Crippen MR) is 107 cm³/mol. The molecule has 2 aromatic carbocycles. The Kier molecular flexibility index (Phi) is 4.58. The standard InChI is InChI=1S/C21H18FN3OS/c1-13-10-11-25-20(14-4-7-16(27-3)8-5-14)19(24-21(25)23-13)17-9-6-15(26-2)12-18(17)22/h4-12H,1-3H3. The van der Waals surface area contributed by atoms with E-state index in [2.05, 4.69) is 22.1 Å². The van der Waals surface area contributed by atoms with E-state index in [1.165, 1.54) is 18.1 Å². The van der Waals surface area contributed by atoms with Crippen molar-refractivity contribution in [1.29, 1.82) is 0 Å². The summed E-state index contributed by atoms with van der Waals surface area (Å²) in [6, 6.07) is 14.9. The third kappa shape index (κ3) is 3.17. The monoisotopic (exact) mass is 379 g/mol. The quantitative estimate of drug-likeness (QED) is 0.455. The van der Waals surface area contributed by atoms with Crippen LogP contribution in [0.2, 0.25) is 0 Å². The van der Waals surface area contributed by atoms with Crippen molar-refractivity contribution in [3.05, 3.63) is 66.2 Å². The normalized spacial score (nSPS) is 11.1. The summed E-state index contributed by atoms with van der Waals surface area (Å²) in [5.74, 6) is 0.639. The molecule has 0 unspecified atom stereocenters. The predicted octanol–water partition coefficient (Wildman–Crippen LogP) is 5.24. The van der Waals surface area contributed by atoms with Gasteiger partial charge in [-0.05, 0) is 43.5 Å². The minimum Gasteiger partial charge on any atom is -0.497 e. The second-order valence-corrected chi connectivity index (χ2v) is 7.00. The van der Waals surface area contributed by atoms with E-state index in [-0.39, 0.29) is 5.82 Å². The van der Waals surface area contributed by atoms with E-state index in [1.54, 1.807) is 23.9 Å². The average Bonchev–Trinajstić information content (AvgIpc) is 3.05. The number of aryl methyl sites for hydroxylation is 1. The lowest BCUT2D eigenvalue weighted by Gasteiger charge is -2.08. The van der Waals surface area contributed by atoms with E-state index in [4.69, 9.17) is 4.74 Å². The molecule has 0 saturated carbocycles. The van der Waals surface area contributed by atoms with Crippen LogP contribution in [0.15, 0.2) is 59.6 Å². The highest BCUT2D eigenvalue weighted by atomic mass is 32.2. The van der Waals surface area contributed by atoms with E-state index >= 15 is 0 Å². The topological polar surface area (TPSA) is 39.4 Å². The minimum absolute atomic E-state index is 0.378. The van der Waals surface area contributed by atoms with E-state index in [0.29, 0.717) is 22.8 Å². The molecule has 4 nitrogen and oxygen atoms in total. The van der Waals surface area contributed by atoms with Gasteiger partial charge >= 0.3 is 0 Å². The second-order valence-electron chi connectivity index (χ2n) is 6.12. The lowest BCUT2D eigenvalue weighted by Crippen LogP contribution is -1.93. The SMILES string of the molecule is COc1ccc(-c2nc3nc(C)ccn3c2-c2ccc(SC)cc2)c(F)c1. The van der Waals surface area contributed by atoms with Gasteiger partial charge in [0.1, 0.15) is 17.3 Å². The third-order valence-corrected chi connectivity index (χ3v) is 5.17. The fraction of sp³-hybridized carbons (Fsp3) is 0.143. The van der Waals surface area contributed by atoms with Gasteiger partial charge in [-0.1, -0.05) is 12.1 Å². The van der Waals surface area contributed by atoms with Crippen molar-refractivity contribution >= 4 is 17.5 Å². The first kappa shape index (κ1) is 17.5. The summed E-state index contributed by atoms with van der Waals surface area (Å²) in [5.41, 5.74) is 3.61. The molecule has 0 bridgehead atoms. The van der Waals surface area contributed by atoms with E-state index < -0.39 is 0 Å². The van der Waals surface area contributed by atoms with E-state index in [9.17, 15) is 4.39 Å². The van der Waals surface area contributed by atoms with Crippen LogP contribution in [-0.4, -0.2) is 27.7 Å². The fourth-order valence-electron chi connectivity index (χ4n) is 3.05. The summed E-state index contributed by atoms with van der Waals surface area (Å²) in [6.45, 7) is 1.91. The molecule has 0 N–H and O–H groups in total. The molecule has 4 aromatic rings. The fourth-order valence-corrected chi connectivity index (χ4v) is 3.45. The number of halogens is 1. The Morgan fingerprint density at radius 1 is 1.04 bits per heavy atom. The van der Waals surface area contributed by atoms with Crippen LogP contribution in [0.4, 0.5) is 4.39 Å². The minimum atomic E-state index is -0.378. The number of thioether (sulfide) groups is 1. The molecule has 0 atom stereocenters. The molecule has 4 rings (SSSR count). The van der Waals surface area contributed by atoms with Gasteiger partial charge in [-0.3, -0.25) is 4.40 Å². The smallest absolute Gasteiger partial charge is 0.235 e. The Balaban J connectivity index is 1.99. The Morgan fingerprint density at radius 2 is 1.81 bits per heavy atom. The van der Waals surface area contributed by atoms with Crippen molar-refractivity contribution in [3.63, 3.8) is 0 Å². The van der Waals surface area contributed by atoms with Crippen molar-refractivity contribution in [2.24, 2.45) is 0 Å². The summed E-state index contributed by atoms with van der Waals surface area (Å²) >= 11 is 1.68. The van der Waals surface area contributed by atoms with Crippen LogP contribution >= 0.6 is 11.8 Å². The zero-order valence-corrected chi connectivity index (χ0v) is 16.0. The highest BCUT2D eigenvalue weighted by molar-refractivity contribution is 7.98. The average molecular weight is 379 g/mol. The molecule has 0 aliphatic heterocycles. The summed E-state index contributed by atoms with van der Waals surface area (Å²) in [6.07, 6.45) is 3.96. The van der Waals surface area contributed by atoms with Crippen molar-refractivity contribution in [2.45, 2.75) is 11.8 Å². The highest BCUT2D eigenvalue weighted by Gasteiger charge is 2.20. The number of imidazole rings is 1. The molecular formula is C21H18FN3OS. The van der Waals surface area contributed by atoms with Crippen LogP contribution in [0.1, 0.15) is 5.69 Å². The summed E-state index contributed by atoms with van der Waals surface area (Å²) < 4.78 is 21.8. The molecule has 2 heterocycles. The Morgan fingerprint density at radius 3 is 2.48 bits per heavy atom. The number of aromatic nitrogens is 3. The van der Waals surface area contributed by atoms with Gasteiger partial charge in [-0.25, -0.2) is 14.4 Å². The summed E-state index contributed by atoms with van der Waals surface area (Å²) in [7, 11) is 1.52. The maximum Gasteiger partial charge on any atom is 0.235 e. The molecule has 0 spiro atoms. The molecule has 0 amide bonds. The number of fused-ring (bicyclic) bond motifs is 1. The molecule has 0 saturated heterocycles. The highest BCUT2D eigenvalue weighted by Crippen LogP contribution is 2.35. The number of ether oxygens (including phenoxy) is 1. The molecular weight excluding hydrogens is 361 g/mol. The number of hydrogen-bond acceptors (Lipinski definition) is 4. The van der Waals surface area contributed by atoms with Crippen LogP contribution in [0, 0.1) is 12.7 Å². The van der Waals surface area contributed by atoms with Gasteiger partial charge < -0.3 is 4.74 Å². The first-order valence-electron chi connectivity index (χ1n) is 8.44. The second kappa shape index (κ2) is 7.04. The maximum atomic E-state index is 14.8. The third-order valence-electron chi connectivity index (χ3n) is 4.43. The molecule has 0 radical (unpaired) electrons. The molecule has 136 valence electrons. The lowest BCUT2D eigenvalue weighted by atomic mass is 10.0. The van der Waals surface area contributed by atoms with Crippen molar-refractivity contribution < 1.29 is 9.13 Å². The molecule has 2 aromatic heterocycles. The Hall–Kier alpha value is -2.86. The Labute approximate surface area is 161 Å². The van der Waals surface area contributed by atoms with Gasteiger partial charge in [0.15, 0.2) is 0 Å². The van der Waals surface area contributed by atoms with Gasteiger partial charge in [0.25, 0.3) is 0 Å². The van der Waals surface area contributed by atoms with Crippen LogP contribution in [0.25, 0.3) is 28.3 Å². The van der Waals surface area contributed by atoms with Crippen molar-refractivity contribution in [3.8, 4) is 28.3 Å². The largest absolute Gasteiger partial charge is 0.497 e. The van der Waals surface area contributed by atoms with Gasteiger partial charge in [0.2, 0.25) is 5.78 Å².